The predicted octanol–water partition coefficient (Wildman–Crippen LogP) is 5.03. The minimum atomic E-state index is 0. The molecule has 1 aliphatic heterocycles. The Morgan fingerprint density at radius 1 is 1.10 bits per heavy atom. The molecule has 0 saturated heterocycles. The van der Waals surface area contributed by atoms with Crippen LogP contribution >= 0.6 is 28.7 Å². The number of hydrogen-bond donors (Lipinski definition) is 0. The molecule has 5 nitrogen and oxygen atoms in total. The van der Waals surface area contributed by atoms with Crippen molar-refractivity contribution in [2.45, 2.75) is 19.8 Å². The number of aliphatic imine (C=N–C) groups is 1. The monoisotopic (exact) mass is 478 g/mol. The molecule has 0 bridgehead atoms. The lowest BCUT2D eigenvalue weighted by molar-refractivity contribution is 0.100. The summed E-state index contributed by atoms with van der Waals surface area (Å²) in [5, 5.41) is 0.907. The fourth-order valence-electron chi connectivity index (χ4n) is 3.04. The molecule has 0 aliphatic carbocycles. The van der Waals surface area contributed by atoms with Gasteiger partial charge in [-0.2, -0.15) is 0 Å². The van der Waals surface area contributed by atoms with Gasteiger partial charge in [-0.25, -0.2) is 0 Å². The van der Waals surface area contributed by atoms with Gasteiger partial charge in [-0.1, -0.05) is 30.8 Å². The van der Waals surface area contributed by atoms with E-state index in [2.05, 4.69) is 36.2 Å². The van der Waals surface area contributed by atoms with Crippen LogP contribution in [0.1, 0.15) is 29.3 Å². The zero-order chi connectivity index (χ0) is 19.9. The van der Waals surface area contributed by atoms with E-state index in [9.17, 15) is 4.79 Å². The molecule has 0 saturated carbocycles. The van der Waals surface area contributed by atoms with E-state index in [1.165, 1.54) is 5.56 Å². The normalized spacial score (nSPS) is 13.1. The maximum Gasteiger partial charge on any atom is 0.182 e. The third kappa shape index (κ3) is 5.76. The second-order valence-electron chi connectivity index (χ2n) is 6.47. The molecule has 0 spiro atoms. The number of ketones is 1. The molecule has 0 radical (unpaired) electrons. The molecule has 1 aliphatic rings. The minimum absolute atomic E-state index is 0. The van der Waals surface area contributed by atoms with Gasteiger partial charge in [0.2, 0.25) is 0 Å². The highest BCUT2D eigenvalue weighted by atomic mass is 79.9. The van der Waals surface area contributed by atoms with Crippen molar-refractivity contribution in [2.24, 2.45) is 4.99 Å². The largest absolute Gasteiger partial charge is 0.493 e. The first-order valence-corrected chi connectivity index (χ1v) is 10.4. The van der Waals surface area contributed by atoms with Gasteiger partial charge in [-0.05, 0) is 48.7 Å². The van der Waals surface area contributed by atoms with Crippen LogP contribution in [0.25, 0.3) is 0 Å². The van der Waals surface area contributed by atoms with E-state index in [4.69, 9.17) is 9.47 Å². The summed E-state index contributed by atoms with van der Waals surface area (Å²) in [6, 6.07) is 13.6. The number of amidine groups is 1. The number of anilines is 1. The maximum atomic E-state index is 13.1. The van der Waals surface area contributed by atoms with E-state index in [0.717, 1.165) is 36.0 Å². The third-order valence-corrected chi connectivity index (χ3v) is 5.78. The summed E-state index contributed by atoms with van der Waals surface area (Å²) >= 11 is 1.71. The predicted molar refractivity (Wildman–Crippen MR) is 127 cm³/mol. The first kappa shape index (κ1) is 23.3. The van der Waals surface area contributed by atoms with Crippen LogP contribution in [0.3, 0.4) is 0 Å². The number of benzene rings is 2. The summed E-state index contributed by atoms with van der Waals surface area (Å²) in [7, 11) is 3.15. The van der Waals surface area contributed by atoms with E-state index in [-0.39, 0.29) is 29.3 Å². The minimum Gasteiger partial charge on any atom is -0.493 e. The highest BCUT2D eigenvalue weighted by Gasteiger charge is 2.21. The zero-order valence-electron chi connectivity index (χ0n) is 17.0. The number of rotatable bonds is 7. The Hall–Kier alpha value is -1.99. The lowest BCUT2D eigenvalue weighted by Gasteiger charge is -2.27. The molecule has 3 rings (SSSR count). The summed E-state index contributed by atoms with van der Waals surface area (Å²) in [5.41, 5.74) is 2.85. The van der Waals surface area contributed by atoms with Crippen molar-refractivity contribution in [3.8, 4) is 11.5 Å². The van der Waals surface area contributed by atoms with Crippen LogP contribution in [0.2, 0.25) is 0 Å². The fraction of sp³-hybridized carbons (Fsp3) is 0.364. The first-order chi connectivity index (χ1) is 13.7. The summed E-state index contributed by atoms with van der Waals surface area (Å²) in [5.74, 6) is 2.19. The summed E-state index contributed by atoms with van der Waals surface area (Å²) in [6.45, 7) is 3.16. The number of Topliss-reactive ketones (excluding diaryl/α,β-unsaturated/α-hetero) is 1. The number of ether oxygens (including phenoxy) is 2. The van der Waals surface area contributed by atoms with Gasteiger partial charge in [0.25, 0.3) is 0 Å². The number of hydrogen-bond acceptors (Lipinski definition) is 6. The Morgan fingerprint density at radius 2 is 1.83 bits per heavy atom. The molecule has 156 valence electrons. The number of carbonyl (C=O) groups excluding carboxylic acids is 1. The molecule has 2 aromatic rings. The number of aryl methyl sites for hydroxylation is 1. The topological polar surface area (TPSA) is 51.1 Å². The number of halogens is 1. The lowest BCUT2D eigenvalue weighted by Crippen LogP contribution is -2.35. The van der Waals surface area contributed by atoms with E-state index >= 15 is 0 Å². The summed E-state index contributed by atoms with van der Waals surface area (Å²) in [6.07, 6.45) is 2.06. The van der Waals surface area contributed by atoms with Crippen molar-refractivity contribution in [1.29, 1.82) is 0 Å². The Kier molecular flexibility index (Phi) is 9.04. The number of carbonyl (C=O) groups is 1. The van der Waals surface area contributed by atoms with Gasteiger partial charge < -0.3 is 14.4 Å². The van der Waals surface area contributed by atoms with Crippen molar-refractivity contribution in [2.75, 3.05) is 38.0 Å². The highest BCUT2D eigenvalue weighted by molar-refractivity contribution is 8.93. The molecule has 7 heteroatoms. The van der Waals surface area contributed by atoms with E-state index < -0.39 is 0 Å². The fourth-order valence-corrected chi connectivity index (χ4v) is 4.00. The average Bonchev–Trinajstić information content (AvgIpc) is 2.77. The zero-order valence-corrected chi connectivity index (χ0v) is 19.5. The Balaban J connectivity index is 0.00000300. The van der Waals surface area contributed by atoms with Crippen LogP contribution in [-0.4, -0.2) is 44.0 Å². The standard InChI is InChI=1S/C22H26N2O3S.BrH/c1-4-16-6-9-18(10-7-16)24(22-23-12-5-13-28-22)15-19(25)17-8-11-20(26-2)21(14-17)27-3;/h6-11,14H,4-5,12-13,15H2,1-3H3;1H. The first-order valence-electron chi connectivity index (χ1n) is 9.45. The Labute approximate surface area is 187 Å². The van der Waals surface area contributed by atoms with E-state index in [0.29, 0.717) is 17.1 Å². The van der Waals surface area contributed by atoms with Gasteiger partial charge in [-0.3, -0.25) is 9.79 Å². The molecular formula is C22H27BrN2O3S. The van der Waals surface area contributed by atoms with Crippen molar-refractivity contribution < 1.29 is 14.3 Å². The van der Waals surface area contributed by atoms with Crippen LogP contribution in [0.15, 0.2) is 47.5 Å². The summed E-state index contributed by atoms with van der Waals surface area (Å²) < 4.78 is 10.6. The second-order valence-corrected chi connectivity index (χ2v) is 7.53. The molecule has 2 aromatic carbocycles. The van der Waals surface area contributed by atoms with Crippen LogP contribution in [0.4, 0.5) is 5.69 Å². The van der Waals surface area contributed by atoms with Crippen LogP contribution in [0.5, 0.6) is 11.5 Å². The van der Waals surface area contributed by atoms with E-state index in [1.807, 2.05) is 4.90 Å². The molecule has 0 aromatic heterocycles. The molecule has 1 heterocycles. The van der Waals surface area contributed by atoms with Crippen LogP contribution in [-0.2, 0) is 6.42 Å². The molecule has 0 amide bonds. The third-order valence-electron chi connectivity index (χ3n) is 4.68. The Bertz CT molecular complexity index is 856. The Morgan fingerprint density at radius 3 is 2.41 bits per heavy atom. The number of thioether (sulfide) groups is 1. The lowest BCUT2D eigenvalue weighted by atomic mass is 10.1. The average molecular weight is 479 g/mol. The quantitative estimate of drug-likeness (QED) is 0.522. The van der Waals surface area contributed by atoms with Crippen molar-refractivity contribution >= 4 is 45.4 Å². The van der Waals surface area contributed by atoms with Crippen molar-refractivity contribution in [3.05, 3.63) is 53.6 Å². The number of methoxy groups -OCH3 is 2. The maximum absolute atomic E-state index is 13.1. The highest BCUT2D eigenvalue weighted by Crippen LogP contribution is 2.29. The van der Waals surface area contributed by atoms with Gasteiger partial charge in [0.05, 0.1) is 20.8 Å². The molecule has 0 fully saturated rings. The van der Waals surface area contributed by atoms with E-state index in [1.54, 1.807) is 44.2 Å². The van der Waals surface area contributed by atoms with Gasteiger partial charge >= 0.3 is 0 Å². The molecule has 0 N–H and O–H groups in total. The van der Waals surface area contributed by atoms with Gasteiger partial charge in [0.1, 0.15) is 0 Å². The van der Waals surface area contributed by atoms with Crippen molar-refractivity contribution in [3.63, 3.8) is 0 Å². The van der Waals surface area contributed by atoms with Crippen LogP contribution < -0.4 is 14.4 Å². The van der Waals surface area contributed by atoms with Gasteiger partial charge in [0.15, 0.2) is 22.4 Å². The smallest absolute Gasteiger partial charge is 0.182 e. The molecule has 29 heavy (non-hydrogen) atoms. The second kappa shape index (κ2) is 11.3. The SMILES string of the molecule is Br.CCc1ccc(N(CC(=O)c2ccc(OC)c(OC)c2)C2=NCCCS2)cc1. The van der Waals surface area contributed by atoms with Crippen molar-refractivity contribution in [1.82, 2.24) is 0 Å². The van der Waals surface area contributed by atoms with Gasteiger partial charge in [0, 0.05) is 23.5 Å². The molecule has 0 atom stereocenters. The molecule has 0 unspecified atom stereocenters. The molecular weight excluding hydrogens is 452 g/mol. The van der Waals surface area contributed by atoms with Gasteiger partial charge in [-0.15, -0.1) is 17.0 Å². The summed E-state index contributed by atoms with van der Waals surface area (Å²) in [4.78, 5) is 19.7. The van der Waals surface area contributed by atoms with Crippen LogP contribution in [0, 0.1) is 0 Å². The number of nitrogens with zero attached hydrogens (tertiary/aromatic N) is 2.